The fourth-order valence-corrected chi connectivity index (χ4v) is 2.69. The first-order valence-electron chi connectivity index (χ1n) is 6.93. The third kappa shape index (κ3) is 3.67. The topological polar surface area (TPSA) is 24.5 Å². The van der Waals surface area contributed by atoms with Crippen LogP contribution in [0.15, 0.2) is 18.2 Å². The van der Waals surface area contributed by atoms with Crippen molar-refractivity contribution in [2.45, 2.75) is 19.4 Å². The molecule has 1 fully saturated rings. The summed E-state index contributed by atoms with van der Waals surface area (Å²) >= 11 is 0. The van der Waals surface area contributed by atoms with Gasteiger partial charge in [-0.3, -0.25) is 0 Å². The number of rotatable bonds is 5. The monoisotopic (exact) mass is 266 g/mol. The molecule has 0 saturated carbocycles. The largest absolute Gasteiger partial charge is 0.381 e. The lowest BCUT2D eigenvalue weighted by atomic mass is 10.0. The van der Waals surface area contributed by atoms with Crippen LogP contribution in [0.3, 0.4) is 0 Å². The Bertz CT molecular complexity index is 405. The molecule has 1 aromatic carbocycles. The number of halogens is 1. The molecule has 106 valence electrons. The summed E-state index contributed by atoms with van der Waals surface area (Å²) in [5, 5.41) is 3.03. The van der Waals surface area contributed by atoms with Crippen LogP contribution in [-0.4, -0.2) is 33.9 Å². The lowest BCUT2D eigenvalue weighted by Gasteiger charge is -2.29. The SMILES string of the molecule is CNCc1c(F)cccc1N(C)CC1CCCOC1. The van der Waals surface area contributed by atoms with E-state index < -0.39 is 0 Å². The van der Waals surface area contributed by atoms with Crippen LogP contribution in [0.2, 0.25) is 0 Å². The highest BCUT2D eigenvalue weighted by atomic mass is 19.1. The van der Waals surface area contributed by atoms with E-state index in [0.29, 0.717) is 12.5 Å². The smallest absolute Gasteiger partial charge is 0.129 e. The van der Waals surface area contributed by atoms with Gasteiger partial charge in [-0.1, -0.05) is 6.07 Å². The maximum absolute atomic E-state index is 13.9. The lowest BCUT2D eigenvalue weighted by Crippen LogP contribution is -2.31. The molecule has 2 rings (SSSR count). The quantitative estimate of drug-likeness (QED) is 0.885. The van der Waals surface area contributed by atoms with Crippen LogP contribution in [0.4, 0.5) is 10.1 Å². The van der Waals surface area contributed by atoms with Crippen LogP contribution < -0.4 is 10.2 Å². The van der Waals surface area contributed by atoms with Gasteiger partial charge in [0.2, 0.25) is 0 Å². The van der Waals surface area contributed by atoms with Crippen LogP contribution in [-0.2, 0) is 11.3 Å². The number of hydrogen-bond acceptors (Lipinski definition) is 3. The van der Waals surface area contributed by atoms with E-state index in [1.165, 1.54) is 12.5 Å². The van der Waals surface area contributed by atoms with Gasteiger partial charge in [0.05, 0.1) is 6.61 Å². The Hall–Kier alpha value is -1.13. The van der Waals surface area contributed by atoms with Gasteiger partial charge in [-0.05, 0) is 37.9 Å². The van der Waals surface area contributed by atoms with E-state index in [2.05, 4.69) is 10.2 Å². The summed E-state index contributed by atoms with van der Waals surface area (Å²) < 4.78 is 19.4. The Labute approximate surface area is 114 Å². The molecule has 0 amide bonds. The first kappa shape index (κ1) is 14.3. The van der Waals surface area contributed by atoms with Crippen LogP contribution in [0, 0.1) is 11.7 Å². The summed E-state index contributed by atoms with van der Waals surface area (Å²) in [6, 6.07) is 5.28. The normalized spacial score (nSPS) is 19.4. The zero-order chi connectivity index (χ0) is 13.7. The second kappa shape index (κ2) is 6.87. The Morgan fingerprint density at radius 3 is 3.00 bits per heavy atom. The van der Waals surface area contributed by atoms with Gasteiger partial charge in [0.15, 0.2) is 0 Å². The number of ether oxygens (including phenoxy) is 1. The van der Waals surface area contributed by atoms with Crippen LogP contribution >= 0.6 is 0 Å². The summed E-state index contributed by atoms with van der Waals surface area (Å²) in [7, 11) is 3.87. The van der Waals surface area contributed by atoms with Crippen LogP contribution in [0.25, 0.3) is 0 Å². The van der Waals surface area contributed by atoms with Gasteiger partial charge in [-0.25, -0.2) is 4.39 Å². The van der Waals surface area contributed by atoms with Gasteiger partial charge in [0.25, 0.3) is 0 Å². The highest BCUT2D eigenvalue weighted by molar-refractivity contribution is 5.53. The van der Waals surface area contributed by atoms with Crippen molar-refractivity contribution in [3.8, 4) is 0 Å². The maximum Gasteiger partial charge on any atom is 0.129 e. The third-order valence-electron chi connectivity index (χ3n) is 3.65. The van der Waals surface area contributed by atoms with E-state index in [1.807, 2.05) is 20.2 Å². The van der Waals surface area contributed by atoms with Gasteiger partial charge in [-0.2, -0.15) is 0 Å². The van der Waals surface area contributed by atoms with Gasteiger partial charge in [0.1, 0.15) is 5.82 Å². The van der Waals surface area contributed by atoms with E-state index in [4.69, 9.17) is 4.74 Å². The number of benzene rings is 1. The zero-order valence-corrected chi connectivity index (χ0v) is 11.8. The Balaban J connectivity index is 2.08. The van der Waals surface area contributed by atoms with E-state index in [9.17, 15) is 4.39 Å². The fourth-order valence-electron chi connectivity index (χ4n) is 2.69. The molecule has 4 heteroatoms. The third-order valence-corrected chi connectivity index (χ3v) is 3.65. The summed E-state index contributed by atoms with van der Waals surface area (Å²) in [4.78, 5) is 2.15. The van der Waals surface area contributed by atoms with Gasteiger partial charge in [-0.15, -0.1) is 0 Å². The van der Waals surface area contributed by atoms with Crippen molar-refractivity contribution in [1.82, 2.24) is 5.32 Å². The Morgan fingerprint density at radius 2 is 2.32 bits per heavy atom. The van der Waals surface area contributed by atoms with Gasteiger partial charge >= 0.3 is 0 Å². The molecule has 1 aliphatic heterocycles. The standard InChI is InChI=1S/C15H23FN2O/c1-17-9-13-14(16)6-3-7-15(13)18(2)10-12-5-4-8-19-11-12/h3,6-7,12,17H,4-5,8-11H2,1-2H3. The molecule has 1 N–H and O–H groups in total. The summed E-state index contributed by atoms with van der Waals surface area (Å²) in [6.45, 7) is 3.17. The lowest BCUT2D eigenvalue weighted by molar-refractivity contribution is 0.0576. The molecule has 19 heavy (non-hydrogen) atoms. The zero-order valence-electron chi connectivity index (χ0n) is 11.8. The van der Waals surface area contributed by atoms with Crippen molar-refractivity contribution in [1.29, 1.82) is 0 Å². The predicted octanol–water partition coefficient (Wildman–Crippen LogP) is 2.41. The molecule has 1 unspecified atom stereocenters. The highest BCUT2D eigenvalue weighted by Gasteiger charge is 2.18. The first-order valence-corrected chi connectivity index (χ1v) is 6.93. The average molecular weight is 266 g/mol. The molecule has 1 saturated heterocycles. The van der Waals surface area contributed by atoms with Gasteiger partial charge < -0.3 is 15.0 Å². The second-order valence-electron chi connectivity index (χ2n) is 5.23. The molecular formula is C15H23FN2O. The number of hydrogen-bond donors (Lipinski definition) is 1. The van der Waals surface area contributed by atoms with Crippen molar-refractivity contribution in [2.75, 3.05) is 38.8 Å². The molecule has 0 aliphatic carbocycles. The minimum Gasteiger partial charge on any atom is -0.381 e. The number of nitrogens with zero attached hydrogens (tertiary/aromatic N) is 1. The molecule has 0 aromatic heterocycles. The molecule has 0 radical (unpaired) electrons. The maximum atomic E-state index is 13.9. The Morgan fingerprint density at radius 1 is 1.47 bits per heavy atom. The number of anilines is 1. The minimum absolute atomic E-state index is 0.140. The summed E-state index contributed by atoms with van der Waals surface area (Å²) in [6.07, 6.45) is 2.33. The molecule has 1 aromatic rings. The summed E-state index contributed by atoms with van der Waals surface area (Å²) in [5.74, 6) is 0.406. The van der Waals surface area contributed by atoms with Crippen molar-refractivity contribution < 1.29 is 9.13 Å². The molecule has 0 spiro atoms. The summed E-state index contributed by atoms with van der Waals surface area (Å²) in [5.41, 5.74) is 1.71. The predicted molar refractivity (Wildman–Crippen MR) is 76.0 cm³/mol. The van der Waals surface area contributed by atoms with Crippen LogP contribution in [0.5, 0.6) is 0 Å². The van der Waals surface area contributed by atoms with Crippen molar-refractivity contribution in [3.05, 3.63) is 29.6 Å². The van der Waals surface area contributed by atoms with Crippen LogP contribution in [0.1, 0.15) is 18.4 Å². The van der Waals surface area contributed by atoms with E-state index >= 15 is 0 Å². The molecule has 0 bridgehead atoms. The van der Waals surface area contributed by atoms with Crippen molar-refractivity contribution in [2.24, 2.45) is 5.92 Å². The fraction of sp³-hybridized carbons (Fsp3) is 0.600. The van der Waals surface area contributed by atoms with E-state index in [-0.39, 0.29) is 5.82 Å². The molecule has 1 aliphatic rings. The molecule has 3 nitrogen and oxygen atoms in total. The highest BCUT2D eigenvalue weighted by Crippen LogP contribution is 2.24. The number of nitrogens with one attached hydrogen (secondary N) is 1. The van der Waals surface area contributed by atoms with Crippen molar-refractivity contribution >= 4 is 5.69 Å². The van der Waals surface area contributed by atoms with E-state index in [1.54, 1.807) is 6.07 Å². The molecule has 1 atom stereocenters. The van der Waals surface area contributed by atoms with Crippen molar-refractivity contribution in [3.63, 3.8) is 0 Å². The molecule has 1 heterocycles. The van der Waals surface area contributed by atoms with Gasteiger partial charge in [0, 0.05) is 38.0 Å². The molecular weight excluding hydrogens is 243 g/mol. The Kier molecular flexibility index (Phi) is 5.16. The average Bonchev–Trinajstić information content (AvgIpc) is 2.42. The minimum atomic E-state index is -0.140. The first-order chi connectivity index (χ1) is 9.22. The van der Waals surface area contributed by atoms with E-state index in [0.717, 1.165) is 37.4 Å². The second-order valence-corrected chi connectivity index (χ2v) is 5.23.